The number of anilines is 2. The quantitative estimate of drug-likeness (QED) is 0.657. The minimum Gasteiger partial charge on any atom is -0.398 e. The van der Waals surface area contributed by atoms with Crippen molar-refractivity contribution in [3.8, 4) is 0 Å². The van der Waals surface area contributed by atoms with Crippen LogP contribution in [-0.2, 0) is 0 Å². The predicted octanol–water partition coefficient (Wildman–Crippen LogP) is 4.12. The number of nitrogen functional groups attached to an aromatic ring is 1. The molecule has 1 heterocycles. The molecule has 2 N–H and O–H groups in total. The van der Waals surface area contributed by atoms with Crippen LogP contribution in [0, 0.1) is 11.3 Å². The van der Waals surface area contributed by atoms with Gasteiger partial charge in [-0.1, -0.05) is 20.8 Å². The molecule has 0 aliphatic carbocycles. The Morgan fingerprint density at radius 2 is 1.95 bits per heavy atom. The van der Waals surface area contributed by atoms with E-state index in [1.165, 1.54) is 19.3 Å². The van der Waals surface area contributed by atoms with E-state index in [2.05, 4.69) is 25.7 Å². The highest BCUT2D eigenvalue weighted by Crippen LogP contribution is 2.35. The molecule has 1 fully saturated rings. The van der Waals surface area contributed by atoms with Crippen molar-refractivity contribution in [2.75, 3.05) is 23.7 Å². The van der Waals surface area contributed by atoms with Crippen molar-refractivity contribution in [3.05, 3.63) is 23.8 Å². The first kappa shape index (κ1) is 15.9. The molecular formula is C18H28N2O. The highest BCUT2D eigenvalue weighted by atomic mass is 16.1. The molecule has 3 heteroatoms. The summed E-state index contributed by atoms with van der Waals surface area (Å²) in [4.78, 5) is 13.9. The third kappa shape index (κ3) is 3.78. The van der Waals surface area contributed by atoms with Crippen LogP contribution in [0.5, 0.6) is 0 Å². The molecular weight excluding hydrogens is 260 g/mol. The Hall–Kier alpha value is -1.51. The fraction of sp³-hybridized carbons (Fsp3) is 0.611. The van der Waals surface area contributed by atoms with Crippen LogP contribution >= 0.6 is 0 Å². The van der Waals surface area contributed by atoms with Gasteiger partial charge in [0.25, 0.3) is 0 Å². The molecule has 1 aliphatic heterocycles. The Morgan fingerprint density at radius 1 is 1.24 bits per heavy atom. The van der Waals surface area contributed by atoms with Crippen molar-refractivity contribution >= 4 is 17.2 Å². The van der Waals surface area contributed by atoms with Gasteiger partial charge in [0.05, 0.1) is 0 Å². The van der Waals surface area contributed by atoms with E-state index >= 15 is 0 Å². The molecule has 0 saturated carbocycles. The van der Waals surface area contributed by atoms with E-state index in [0.717, 1.165) is 24.7 Å². The Morgan fingerprint density at radius 3 is 2.52 bits per heavy atom. The van der Waals surface area contributed by atoms with Gasteiger partial charge in [0.15, 0.2) is 5.78 Å². The van der Waals surface area contributed by atoms with Gasteiger partial charge < -0.3 is 10.6 Å². The number of nitrogens with zero attached hydrogens (tertiary/aromatic N) is 1. The first-order chi connectivity index (χ1) is 9.79. The number of carbonyl (C=O) groups is 1. The number of hydrogen-bond donors (Lipinski definition) is 1. The van der Waals surface area contributed by atoms with Gasteiger partial charge in [-0.05, 0) is 55.7 Å². The van der Waals surface area contributed by atoms with E-state index in [0.29, 0.717) is 16.7 Å². The highest BCUT2D eigenvalue weighted by molar-refractivity contribution is 5.99. The summed E-state index contributed by atoms with van der Waals surface area (Å²) >= 11 is 0. The van der Waals surface area contributed by atoms with Crippen LogP contribution < -0.4 is 10.6 Å². The highest BCUT2D eigenvalue weighted by Gasteiger charge is 2.27. The van der Waals surface area contributed by atoms with Crippen molar-refractivity contribution in [2.45, 2.75) is 47.0 Å². The zero-order chi connectivity index (χ0) is 15.6. The van der Waals surface area contributed by atoms with Crippen LogP contribution in [0.1, 0.15) is 57.3 Å². The average Bonchev–Trinajstić information content (AvgIpc) is 2.63. The maximum Gasteiger partial charge on any atom is 0.161 e. The van der Waals surface area contributed by atoms with Gasteiger partial charge in [-0.25, -0.2) is 0 Å². The summed E-state index contributed by atoms with van der Waals surface area (Å²) in [7, 11) is 0. The summed E-state index contributed by atoms with van der Waals surface area (Å²) in [6.45, 7) is 10.7. The average molecular weight is 288 g/mol. The molecule has 1 aliphatic rings. The maximum absolute atomic E-state index is 11.5. The number of Topliss-reactive ketones (excluding diaryl/α,β-unsaturated/α-hetero) is 1. The van der Waals surface area contributed by atoms with E-state index < -0.39 is 0 Å². The Labute approximate surface area is 128 Å². The lowest BCUT2D eigenvalue weighted by Crippen LogP contribution is -2.26. The lowest BCUT2D eigenvalue weighted by Gasteiger charge is -2.30. The lowest BCUT2D eigenvalue weighted by molar-refractivity contribution is 0.101. The van der Waals surface area contributed by atoms with Gasteiger partial charge in [0.2, 0.25) is 0 Å². The minimum atomic E-state index is 0.0303. The van der Waals surface area contributed by atoms with E-state index in [-0.39, 0.29) is 5.78 Å². The normalized spacial score (nSPS) is 20.2. The van der Waals surface area contributed by atoms with Gasteiger partial charge in [0, 0.05) is 30.0 Å². The Kier molecular flexibility index (Phi) is 4.60. The lowest BCUT2D eigenvalue weighted by atomic mass is 9.77. The summed E-state index contributed by atoms with van der Waals surface area (Å²) in [5.41, 5.74) is 8.77. The molecule has 1 aromatic carbocycles. The number of nitrogens with two attached hydrogens (primary N) is 1. The van der Waals surface area contributed by atoms with Gasteiger partial charge in [-0.3, -0.25) is 4.79 Å². The van der Waals surface area contributed by atoms with Crippen LogP contribution in [-0.4, -0.2) is 18.9 Å². The number of ketones is 1. The fourth-order valence-electron chi connectivity index (χ4n) is 3.29. The summed E-state index contributed by atoms with van der Waals surface area (Å²) in [6.07, 6.45) is 3.73. The van der Waals surface area contributed by atoms with E-state index in [4.69, 9.17) is 5.73 Å². The van der Waals surface area contributed by atoms with Crippen LogP contribution in [0.15, 0.2) is 18.2 Å². The van der Waals surface area contributed by atoms with E-state index in [1.807, 2.05) is 18.2 Å². The van der Waals surface area contributed by atoms with E-state index in [1.54, 1.807) is 6.92 Å². The molecule has 3 nitrogen and oxygen atoms in total. The molecule has 116 valence electrons. The molecule has 1 saturated heterocycles. The monoisotopic (exact) mass is 288 g/mol. The fourth-order valence-corrected chi connectivity index (χ4v) is 3.29. The third-order valence-electron chi connectivity index (χ3n) is 4.73. The summed E-state index contributed by atoms with van der Waals surface area (Å²) < 4.78 is 0. The topological polar surface area (TPSA) is 46.3 Å². The summed E-state index contributed by atoms with van der Waals surface area (Å²) in [6, 6.07) is 5.85. The van der Waals surface area contributed by atoms with Gasteiger partial charge in [0.1, 0.15) is 0 Å². The molecule has 1 aromatic rings. The number of rotatable bonds is 2. The van der Waals surface area contributed by atoms with Gasteiger partial charge in [-0.15, -0.1) is 0 Å². The minimum absolute atomic E-state index is 0.0303. The van der Waals surface area contributed by atoms with Crippen molar-refractivity contribution in [1.29, 1.82) is 0 Å². The largest absolute Gasteiger partial charge is 0.398 e. The third-order valence-corrected chi connectivity index (χ3v) is 4.73. The molecule has 1 atom stereocenters. The van der Waals surface area contributed by atoms with Crippen molar-refractivity contribution < 1.29 is 4.79 Å². The predicted molar refractivity (Wildman–Crippen MR) is 89.9 cm³/mol. The zero-order valence-corrected chi connectivity index (χ0v) is 13.8. The standard InChI is InChI=1S/C18H28N2O/c1-13(21)16-8-7-15(12-17(16)19)20-10-5-6-14(9-11-20)18(2,3)4/h7-8,12,14H,5-6,9-11,19H2,1-4H3. The van der Waals surface area contributed by atoms with Crippen LogP contribution in [0.2, 0.25) is 0 Å². The van der Waals surface area contributed by atoms with Crippen LogP contribution in [0.4, 0.5) is 11.4 Å². The molecule has 0 amide bonds. The summed E-state index contributed by atoms with van der Waals surface area (Å²) in [5.74, 6) is 0.805. The second kappa shape index (κ2) is 6.08. The number of hydrogen-bond acceptors (Lipinski definition) is 3. The Bertz CT molecular complexity index is 516. The van der Waals surface area contributed by atoms with E-state index in [9.17, 15) is 4.79 Å². The van der Waals surface area contributed by atoms with Crippen LogP contribution in [0.3, 0.4) is 0 Å². The zero-order valence-electron chi connectivity index (χ0n) is 13.8. The molecule has 21 heavy (non-hydrogen) atoms. The van der Waals surface area contributed by atoms with Crippen LogP contribution in [0.25, 0.3) is 0 Å². The number of carbonyl (C=O) groups excluding carboxylic acids is 1. The van der Waals surface area contributed by atoms with Gasteiger partial charge in [-0.2, -0.15) is 0 Å². The second-order valence-corrected chi connectivity index (χ2v) is 7.31. The van der Waals surface area contributed by atoms with Crippen molar-refractivity contribution in [3.63, 3.8) is 0 Å². The van der Waals surface area contributed by atoms with Gasteiger partial charge >= 0.3 is 0 Å². The summed E-state index contributed by atoms with van der Waals surface area (Å²) in [5, 5.41) is 0. The Balaban J connectivity index is 2.13. The van der Waals surface area contributed by atoms with Crippen molar-refractivity contribution in [2.24, 2.45) is 11.3 Å². The van der Waals surface area contributed by atoms with Crippen molar-refractivity contribution in [1.82, 2.24) is 0 Å². The number of benzene rings is 1. The first-order valence-electron chi connectivity index (χ1n) is 7.94. The SMILES string of the molecule is CC(=O)c1ccc(N2CCCC(C(C)(C)C)CC2)cc1N. The first-order valence-corrected chi connectivity index (χ1v) is 7.94. The smallest absolute Gasteiger partial charge is 0.161 e. The molecule has 0 radical (unpaired) electrons. The molecule has 2 rings (SSSR count). The maximum atomic E-state index is 11.5. The molecule has 0 spiro atoms. The molecule has 1 unspecified atom stereocenters. The second-order valence-electron chi connectivity index (χ2n) is 7.31. The molecule has 0 aromatic heterocycles. The molecule has 0 bridgehead atoms.